The summed E-state index contributed by atoms with van der Waals surface area (Å²) < 4.78 is 27.8. The van der Waals surface area contributed by atoms with Gasteiger partial charge in [-0.2, -0.15) is 0 Å². The number of carbonyl (C=O) groups is 2. The van der Waals surface area contributed by atoms with Gasteiger partial charge in [-0.1, -0.05) is 38.1 Å². The Hall–Kier alpha value is -3.00. The molecule has 0 bridgehead atoms. The minimum absolute atomic E-state index is 0.00295. The van der Waals surface area contributed by atoms with E-state index in [0.717, 1.165) is 45.8 Å². The van der Waals surface area contributed by atoms with E-state index >= 15 is 0 Å². The van der Waals surface area contributed by atoms with Crippen LogP contribution in [0.2, 0.25) is 0 Å². The molecule has 0 fully saturated rings. The molecule has 0 aliphatic heterocycles. The number of ether oxygens (including phenoxy) is 5. The quantitative estimate of drug-likeness (QED) is 0.249. The smallest absolute Gasteiger partial charge is 0.167 e. The minimum atomic E-state index is -0.0990. The van der Waals surface area contributed by atoms with E-state index in [0.29, 0.717) is 52.7 Å². The zero-order valence-corrected chi connectivity index (χ0v) is 24.0. The highest BCUT2D eigenvalue weighted by atomic mass is 16.6. The predicted molar refractivity (Wildman–Crippen MR) is 152 cm³/mol. The second-order valence-electron chi connectivity index (χ2n) is 10.6. The van der Waals surface area contributed by atoms with E-state index in [1.807, 2.05) is 38.1 Å². The number of allylic oxidation sites excluding steroid dienone is 2. The average molecular weight is 539 g/mol. The summed E-state index contributed by atoms with van der Waals surface area (Å²) in [5.41, 5.74) is 4.72. The molecule has 0 radical (unpaired) electrons. The largest absolute Gasteiger partial charge is 0.497 e. The molecule has 1 aliphatic carbocycles. The van der Waals surface area contributed by atoms with Crippen molar-refractivity contribution in [3.05, 3.63) is 59.4 Å². The van der Waals surface area contributed by atoms with Gasteiger partial charge in [-0.3, -0.25) is 9.59 Å². The van der Waals surface area contributed by atoms with Gasteiger partial charge < -0.3 is 23.7 Å². The molecule has 0 amide bonds. The summed E-state index contributed by atoms with van der Waals surface area (Å²) in [5, 5.41) is 0. The Morgan fingerprint density at radius 3 is 2.08 bits per heavy atom. The number of Topliss-reactive ketones (excluding diaryl/α,β-unsaturated/α-hetero) is 2. The lowest BCUT2D eigenvalue weighted by atomic mass is 9.74. The van der Waals surface area contributed by atoms with Crippen molar-refractivity contribution in [1.82, 2.24) is 0 Å². The van der Waals surface area contributed by atoms with E-state index < -0.39 is 0 Å². The van der Waals surface area contributed by atoms with E-state index in [2.05, 4.69) is 32.0 Å². The zero-order valence-electron chi connectivity index (χ0n) is 24.0. The van der Waals surface area contributed by atoms with Gasteiger partial charge in [0.15, 0.2) is 11.6 Å². The maximum atomic E-state index is 13.2. The first-order chi connectivity index (χ1) is 18.7. The first kappa shape index (κ1) is 30.5. The molecule has 0 saturated carbocycles. The Morgan fingerprint density at radius 1 is 0.821 bits per heavy atom. The van der Waals surface area contributed by atoms with Gasteiger partial charge in [0.05, 0.1) is 45.2 Å². The summed E-state index contributed by atoms with van der Waals surface area (Å²) in [4.78, 5) is 24.0. The molecule has 0 spiro atoms. The van der Waals surface area contributed by atoms with Gasteiger partial charge in [-0.25, -0.2) is 0 Å². The Kier molecular flexibility index (Phi) is 11.7. The number of ketones is 2. The molecular formula is C32H42O7. The van der Waals surface area contributed by atoms with Gasteiger partial charge in [-0.05, 0) is 66.6 Å². The molecule has 0 saturated heterocycles. The highest BCUT2D eigenvalue weighted by molar-refractivity contribution is 6.22. The van der Waals surface area contributed by atoms with Gasteiger partial charge in [-0.15, -0.1) is 0 Å². The lowest BCUT2D eigenvalue weighted by molar-refractivity contribution is -0.122. The van der Waals surface area contributed by atoms with Gasteiger partial charge in [0.25, 0.3) is 0 Å². The second kappa shape index (κ2) is 15.0. The van der Waals surface area contributed by atoms with Crippen LogP contribution >= 0.6 is 0 Å². The van der Waals surface area contributed by atoms with Crippen molar-refractivity contribution in [2.45, 2.75) is 47.5 Å². The van der Waals surface area contributed by atoms with Crippen LogP contribution in [0.4, 0.5) is 0 Å². The Morgan fingerprint density at radius 2 is 1.44 bits per heavy atom. The molecule has 0 unspecified atom stereocenters. The van der Waals surface area contributed by atoms with Crippen LogP contribution < -0.4 is 4.74 Å². The molecule has 0 heterocycles. The van der Waals surface area contributed by atoms with Crippen molar-refractivity contribution < 1.29 is 33.3 Å². The molecule has 2 aromatic rings. The van der Waals surface area contributed by atoms with Gasteiger partial charge >= 0.3 is 0 Å². The lowest BCUT2D eigenvalue weighted by Crippen LogP contribution is -2.26. The number of hydrogen-bond donors (Lipinski definition) is 0. The maximum Gasteiger partial charge on any atom is 0.167 e. The lowest BCUT2D eigenvalue weighted by Gasteiger charge is -2.32. The first-order valence-corrected chi connectivity index (χ1v) is 13.7. The third-order valence-electron chi connectivity index (χ3n) is 6.39. The predicted octanol–water partition coefficient (Wildman–Crippen LogP) is 5.82. The molecule has 3 rings (SSSR count). The summed E-state index contributed by atoms with van der Waals surface area (Å²) in [6.07, 6.45) is 1.27. The molecule has 2 aromatic carbocycles. The van der Waals surface area contributed by atoms with Gasteiger partial charge in [0.2, 0.25) is 0 Å². The van der Waals surface area contributed by atoms with Crippen molar-refractivity contribution >= 4 is 17.1 Å². The van der Waals surface area contributed by atoms with E-state index in [1.165, 1.54) is 6.92 Å². The third-order valence-corrected chi connectivity index (χ3v) is 6.39. The van der Waals surface area contributed by atoms with E-state index in [9.17, 15) is 9.59 Å². The molecule has 212 valence electrons. The van der Waals surface area contributed by atoms with Crippen molar-refractivity contribution in [3.8, 4) is 16.9 Å². The Bertz CT molecular complexity index is 1130. The molecule has 7 heteroatoms. The fraction of sp³-hybridized carbons (Fsp3) is 0.500. The molecule has 0 aromatic heterocycles. The summed E-state index contributed by atoms with van der Waals surface area (Å²) in [7, 11) is 0. The molecule has 0 atom stereocenters. The number of carbonyl (C=O) groups excluding carboxylic acids is 2. The SMILES string of the molecule is CCOC1=C(c2cc(-c3ccc(OCCOCCOCCOCC(C)=O)cc3)ccc2C)C(=O)CC(C)(C)C1. The summed E-state index contributed by atoms with van der Waals surface area (Å²) in [5.74, 6) is 1.71. The van der Waals surface area contributed by atoms with Crippen LogP contribution in [0.1, 0.15) is 51.7 Å². The Balaban J connectivity index is 1.52. The van der Waals surface area contributed by atoms with Crippen molar-refractivity contribution in [1.29, 1.82) is 0 Å². The molecule has 7 nitrogen and oxygen atoms in total. The fourth-order valence-corrected chi connectivity index (χ4v) is 4.55. The van der Waals surface area contributed by atoms with Crippen molar-refractivity contribution in [2.24, 2.45) is 5.41 Å². The Labute approximate surface area is 232 Å². The maximum absolute atomic E-state index is 13.2. The monoisotopic (exact) mass is 538 g/mol. The highest BCUT2D eigenvalue weighted by Gasteiger charge is 2.35. The summed E-state index contributed by atoms with van der Waals surface area (Å²) >= 11 is 0. The van der Waals surface area contributed by atoms with Crippen LogP contribution in [0.15, 0.2) is 48.2 Å². The number of hydrogen-bond acceptors (Lipinski definition) is 7. The molecule has 39 heavy (non-hydrogen) atoms. The van der Waals surface area contributed by atoms with E-state index in [-0.39, 0.29) is 23.6 Å². The van der Waals surface area contributed by atoms with Crippen LogP contribution in [0, 0.1) is 12.3 Å². The van der Waals surface area contributed by atoms with Crippen LogP contribution in [0.5, 0.6) is 5.75 Å². The van der Waals surface area contributed by atoms with Crippen LogP contribution in [0.25, 0.3) is 16.7 Å². The van der Waals surface area contributed by atoms with Gasteiger partial charge in [0, 0.05) is 12.8 Å². The molecule has 1 aliphatic rings. The van der Waals surface area contributed by atoms with Crippen LogP contribution in [0.3, 0.4) is 0 Å². The standard InChI is InChI=1S/C32H42O7/c1-6-38-30-21-32(4,5)20-29(34)31(30)28-19-26(8-7-23(28)2)25-9-11-27(12-10-25)39-18-17-36-14-13-35-15-16-37-22-24(3)33/h7-12,19H,6,13-18,20-22H2,1-5H3. The van der Waals surface area contributed by atoms with Crippen LogP contribution in [-0.4, -0.2) is 64.4 Å². The second-order valence-corrected chi connectivity index (χ2v) is 10.6. The number of aryl methyl sites for hydroxylation is 1. The number of rotatable bonds is 16. The summed E-state index contributed by atoms with van der Waals surface area (Å²) in [6, 6.07) is 14.2. The first-order valence-electron chi connectivity index (χ1n) is 13.7. The third kappa shape index (κ3) is 9.60. The topological polar surface area (TPSA) is 80.3 Å². The molecule has 0 N–H and O–H groups in total. The van der Waals surface area contributed by atoms with Gasteiger partial charge in [0.1, 0.15) is 24.7 Å². The van der Waals surface area contributed by atoms with Crippen LogP contribution in [-0.2, 0) is 28.5 Å². The van der Waals surface area contributed by atoms with Crippen molar-refractivity contribution in [3.63, 3.8) is 0 Å². The normalized spacial score (nSPS) is 14.9. The van der Waals surface area contributed by atoms with Crippen molar-refractivity contribution in [2.75, 3.05) is 52.9 Å². The number of benzene rings is 2. The minimum Gasteiger partial charge on any atom is -0.497 e. The summed E-state index contributed by atoms with van der Waals surface area (Å²) in [6.45, 7) is 13.0. The van der Waals surface area contributed by atoms with E-state index in [1.54, 1.807) is 0 Å². The highest BCUT2D eigenvalue weighted by Crippen LogP contribution is 2.42. The molecular weight excluding hydrogens is 496 g/mol. The average Bonchev–Trinajstić information content (AvgIpc) is 2.88. The zero-order chi connectivity index (χ0) is 28.3. The fourth-order valence-electron chi connectivity index (χ4n) is 4.55. The van der Waals surface area contributed by atoms with E-state index in [4.69, 9.17) is 23.7 Å².